The number of hydrogen-bond donors (Lipinski definition) is 1. The summed E-state index contributed by atoms with van der Waals surface area (Å²) in [5, 5.41) is 10.9. The number of aromatic hydroxyl groups is 1. The molecule has 0 saturated heterocycles. The molecular weight excluding hydrogens is 454 g/mol. The molecule has 0 radical (unpaired) electrons. The van der Waals surface area contributed by atoms with E-state index in [1.54, 1.807) is 13.1 Å². The largest absolute Gasteiger partial charge is 0.507 e. The number of phenolic OH excluding ortho intramolecular Hbond substituents is 1. The third kappa shape index (κ3) is 5.26. The Balaban J connectivity index is 0.00000306. The number of fused-ring (bicyclic) bond motifs is 3. The summed E-state index contributed by atoms with van der Waals surface area (Å²) < 4.78 is 13.8. The van der Waals surface area contributed by atoms with Gasteiger partial charge in [-0.05, 0) is 65.5 Å². The van der Waals surface area contributed by atoms with Crippen molar-refractivity contribution in [2.24, 2.45) is 5.92 Å². The zero-order valence-corrected chi connectivity index (χ0v) is 22.3. The Kier molecular flexibility index (Phi) is 7.56. The van der Waals surface area contributed by atoms with Gasteiger partial charge in [0.1, 0.15) is 22.8 Å². The van der Waals surface area contributed by atoms with Gasteiger partial charge in [0.15, 0.2) is 18.0 Å². The van der Waals surface area contributed by atoms with Crippen molar-refractivity contribution in [3.05, 3.63) is 58.2 Å². The first-order chi connectivity index (χ1) is 15.0. The lowest BCUT2D eigenvalue weighted by atomic mass is 9.68. The molecule has 33 heavy (non-hydrogen) atoms. The summed E-state index contributed by atoms with van der Waals surface area (Å²) in [5.41, 5.74) is 5.28. The molecule has 180 valence electrons. The Labute approximate surface area is 208 Å². The SMILES string of the molecule is CC1=CC2c3c(O)cc(ON(C)SOc4c(C)cc(C)cc4C)cc3OC(C)(C)C2CC1.S. The van der Waals surface area contributed by atoms with Gasteiger partial charge in [0.25, 0.3) is 0 Å². The molecule has 4 rings (SSSR count). The van der Waals surface area contributed by atoms with Crippen LogP contribution in [0.15, 0.2) is 35.9 Å². The van der Waals surface area contributed by atoms with Crippen molar-refractivity contribution in [1.82, 2.24) is 4.47 Å². The number of hydroxylamine groups is 1. The average molecular weight is 490 g/mol. The summed E-state index contributed by atoms with van der Waals surface area (Å²) >= 11 is 1.10. The number of phenols is 1. The summed E-state index contributed by atoms with van der Waals surface area (Å²) in [6, 6.07) is 7.72. The van der Waals surface area contributed by atoms with Crippen LogP contribution in [-0.4, -0.2) is 22.2 Å². The summed E-state index contributed by atoms with van der Waals surface area (Å²) in [6.45, 7) is 12.6. The van der Waals surface area contributed by atoms with Crippen LogP contribution in [0.3, 0.4) is 0 Å². The number of benzene rings is 2. The predicted molar refractivity (Wildman–Crippen MR) is 140 cm³/mol. The fraction of sp³-hybridized carbons (Fsp3) is 0.462. The van der Waals surface area contributed by atoms with Gasteiger partial charge in [-0.2, -0.15) is 13.5 Å². The van der Waals surface area contributed by atoms with Gasteiger partial charge in [0.2, 0.25) is 0 Å². The van der Waals surface area contributed by atoms with Crippen molar-refractivity contribution in [2.45, 2.75) is 65.9 Å². The van der Waals surface area contributed by atoms with Gasteiger partial charge in [0, 0.05) is 36.6 Å². The molecule has 2 aliphatic rings. The quantitative estimate of drug-likeness (QED) is 0.213. The second-order valence-corrected chi connectivity index (χ2v) is 10.5. The smallest absolute Gasteiger partial charge is 0.184 e. The minimum atomic E-state index is -0.315. The Bertz CT molecular complexity index is 1040. The minimum absolute atomic E-state index is 0. The second-order valence-electron chi connectivity index (χ2n) is 9.66. The Morgan fingerprint density at radius 2 is 1.76 bits per heavy atom. The highest BCUT2D eigenvalue weighted by atomic mass is 32.2. The van der Waals surface area contributed by atoms with Crippen LogP contribution < -0.4 is 13.8 Å². The Hall–Kier alpha value is -1.96. The Morgan fingerprint density at radius 1 is 1.09 bits per heavy atom. The molecule has 1 heterocycles. The van der Waals surface area contributed by atoms with Crippen molar-refractivity contribution >= 4 is 25.7 Å². The molecule has 0 bridgehead atoms. The van der Waals surface area contributed by atoms with Crippen LogP contribution in [0, 0.1) is 26.7 Å². The van der Waals surface area contributed by atoms with Gasteiger partial charge in [-0.1, -0.05) is 33.8 Å². The van der Waals surface area contributed by atoms with E-state index >= 15 is 0 Å². The topological polar surface area (TPSA) is 51.2 Å². The number of allylic oxidation sites excluding steroid dienone is 2. The maximum Gasteiger partial charge on any atom is 0.184 e. The van der Waals surface area contributed by atoms with Gasteiger partial charge in [-0.15, -0.1) is 0 Å². The lowest BCUT2D eigenvalue weighted by Crippen LogP contribution is -2.45. The highest BCUT2D eigenvalue weighted by Gasteiger charge is 2.45. The zero-order valence-electron chi connectivity index (χ0n) is 20.5. The fourth-order valence-electron chi connectivity index (χ4n) is 5.10. The summed E-state index contributed by atoms with van der Waals surface area (Å²) in [5.74, 6) is 2.71. The average Bonchev–Trinajstić information content (AvgIpc) is 2.65. The van der Waals surface area contributed by atoms with E-state index < -0.39 is 0 Å². The minimum Gasteiger partial charge on any atom is -0.507 e. The molecule has 2 atom stereocenters. The van der Waals surface area contributed by atoms with Gasteiger partial charge in [0.05, 0.1) is 0 Å². The monoisotopic (exact) mass is 489 g/mol. The maximum absolute atomic E-state index is 10.9. The molecule has 2 unspecified atom stereocenters. The molecule has 2 aromatic carbocycles. The summed E-state index contributed by atoms with van der Waals surface area (Å²) in [7, 11) is 1.77. The van der Waals surface area contributed by atoms with E-state index in [0.29, 0.717) is 17.4 Å². The van der Waals surface area contributed by atoms with Crippen LogP contribution in [0.5, 0.6) is 23.0 Å². The first kappa shape index (κ1) is 25.7. The third-order valence-electron chi connectivity index (χ3n) is 6.50. The molecule has 0 fully saturated rings. The molecule has 1 N–H and O–H groups in total. The van der Waals surface area contributed by atoms with Crippen LogP contribution >= 0.6 is 25.7 Å². The van der Waals surface area contributed by atoms with E-state index in [9.17, 15) is 5.11 Å². The van der Waals surface area contributed by atoms with Gasteiger partial charge >= 0.3 is 0 Å². The maximum atomic E-state index is 10.9. The van der Waals surface area contributed by atoms with E-state index in [2.05, 4.69) is 45.9 Å². The highest BCUT2D eigenvalue weighted by molar-refractivity contribution is 7.92. The first-order valence-corrected chi connectivity index (χ1v) is 11.8. The number of nitrogens with zero attached hydrogens (tertiary/aromatic N) is 1. The molecule has 2 aromatic rings. The molecule has 5 nitrogen and oxygen atoms in total. The first-order valence-electron chi connectivity index (χ1n) is 11.1. The van der Waals surface area contributed by atoms with Crippen molar-refractivity contribution in [2.75, 3.05) is 7.05 Å². The molecule has 7 heteroatoms. The van der Waals surface area contributed by atoms with Gasteiger partial charge in [-0.3, -0.25) is 0 Å². The van der Waals surface area contributed by atoms with Crippen LogP contribution in [-0.2, 0) is 0 Å². The molecule has 0 amide bonds. The Morgan fingerprint density at radius 3 is 2.42 bits per heavy atom. The normalized spacial score (nSPS) is 20.7. The van der Waals surface area contributed by atoms with Crippen molar-refractivity contribution in [1.29, 1.82) is 0 Å². The van der Waals surface area contributed by atoms with Crippen molar-refractivity contribution in [3.8, 4) is 23.0 Å². The third-order valence-corrected chi connectivity index (χ3v) is 7.03. The molecule has 0 aromatic heterocycles. The van der Waals surface area contributed by atoms with Gasteiger partial charge < -0.3 is 18.9 Å². The van der Waals surface area contributed by atoms with Gasteiger partial charge in [-0.25, -0.2) is 0 Å². The summed E-state index contributed by atoms with van der Waals surface area (Å²) in [6.07, 6.45) is 4.43. The molecule has 0 saturated carbocycles. The number of aryl methyl sites for hydroxylation is 3. The zero-order chi connectivity index (χ0) is 23.2. The van der Waals surface area contributed by atoms with E-state index in [4.69, 9.17) is 13.8 Å². The predicted octanol–water partition coefficient (Wildman–Crippen LogP) is 6.91. The van der Waals surface area contributed by atoms with Crippen LogP contribution in [0.25, 0.3) is 0 Å². The van der Waals surface area contributed by atoms with Crippen LogP contribution in [0.1, 0.15) is 61.8 Å². The van der Waals surface area contributed by atoms with Crippen molar-refractivity contribution < 1.29 is 18.9 Å². The van der Waals surface area contributed by atoms with Crippen molar-refractivity contribution in [3.63, 3.8) is 0 Å². The van der Waals surface area contributed by atoms with E-state index in [-0.39, 0.29) is 30.8 Å². The number of ether oxygens (including phenoxy) is 1. The molecule has 0 spiro atoms. The number of hydrogen-bond acceptors (Lipinski definition) is 6. The lowest BCUT2D eigenvalue weighted by molar-refractivity contribution is 0.00944. The second kappa shape index (κ2) is 9.72. The van der Waals surface area contributed by atoms with Crippen LogP contribution in [0.4, 0.5) is 0 Å². The van der Waals surface area contributed by atoms with Crippen LogP contribution in [0.2, 0.25) is 0 Å². The molecular formula is C26H35NO4S2. The van der Waals surface area contributed by atoms with E-state index in [1.807, 2.05) is 19.9 Å². The van der Waals surface area contributed by atoms with E-state index in [0.717, 1.165) is 47.5 Å². The van der Waals surface area contributed by atoms with E-state index in [1.165, 1.54) is 15.6 Å². The molecule has 1 aliphatic carbocycles. The molecule has 1 aliphatic heterocycles. The summed E-state index contributed by atoms with van der Waals surface area (Å²) in [4.78, 5) is 5.93. The lowest BCUT2D eigenvalue weighted by Gasteiger charge is -2.46. The number of rotatable bonds is 5. The highest BCUT2D eigenvalue weighted by Crippen LogP contribution is 2.54. The fourth-order valence-corrected chi connectivity index (χ4v) is 5.66. The standard InChI is InChI=1S/C26H33NO4S.H2S/c1-15-8-9-21-20(12-15)24-22(28)13-19(14-23(24)29-26(21,5)6)30-27(7)32-31-25-17(3)10-16(2)11-18(25)4;/h10-14,20-21,28H,8-9H2,1-7H3;1H2.